The smallest absolute Gasteiger partial charge is 0.243 e. The molecule has 2 rings (SSSR count). The zero-order valence-corrected chi connectivity index (χ0v) is 13.3. The highest BCUT2D eigenvalue weighted by molar-refractivity contribution is 7.89. The lowest BCUT2D eigenvalue weighted by molar-refractivity contribution is 0.217. The van der Waals surface area contributed by atoms with Crippen LogP contribution in [0.2, 0.25) is 0 Å². The van der Waals surface area contributed by atoms with Crippen LogP contribution >= 0.6 is 0 Å². The minimum atomic E-state index is -3.76. The molecule has 0 saturated heterocycles. The average molecular weight is 337 g/mol. The zero-order valence-electron chi connectivity index (χ0n) is 12.5. The third-order valence-corrected chi connectivity index (χ3v) is 5.30. The van der Waals surface area contributed by atoms with E-state index in [0.717, 1.165) is 15.4 Å². The summed E-state index contributed by atoms with van der Waals surface area (Å²) in [4.78, 5) is 0.0990. The Morgan fingerprint density at radius 1 is 0.783 bits per heavy atom. The summed E-state index contributed by atoms with van der Waals surface area (Å²) in [5.74, 6) is 0.164. The van der Waals surface area contributed by atoms with E-state index < -0.39 is 10.0 Å². The van der Waals surface area contributed by atoms with Crippen LogP contribution < -0.4 is 0 Å². The Morgan fingerprint density at radius 2 is 1.22 bits per heavy atom. The van der Waals surface area contributed by atoms with Gasteiger partial charge >= 0.3 is 0 Å². The molecular formula is C16H19NO5S. The third kappa shape index (κ3) is 4.08. The minimum absolute atomic E-state index is 0.0669. The van der Waals surface area contributed by atoms with Crippen LogP contribution in [-0.2, 0) is 10.0 Å². The van der Waals surface area contributed by atoms with Gasteiger partial charge in [0.15, 0.2) is 0 Å². The predicted molar refractivity (Wildman–Crippen MR) is 86.5 cm³/mol. The topological polar surface area (TPSA) is 98.1 Å². The van der Waals surface area contributed by atoms with Gasteiger partial charge in [-0.15, -0.1) is 0 Å². The molecule has 2 aromatic carbocycles. The molecule has 6 nitrogen and oxygen atoms in total. The summed E-state index contributed by atoms with van der Waals surface area (Å²) < 4.78 is 26.0. The van der Waals surface area contributed by atoms with E-state index in [1.165, 1.54) is 12.1 Å². The molecule has 0 unspecified atom stereocenters. The van der Waals surface area contributed by atoms with Crippen molar-refractivity contribution in [1.29, 1.82) is 0 Å². The number of hydrogen-bond acceptors (Lipinski definition) is 5. The SMILES string of the molecule is O=S(=O)(c1ccc(-c2ccc(O)cc2)cc1)N(CCO)CCO. The summed E-state index contributed by atoms with van der Waals surface area (Å²) in [6.45, 7) is -0.763. The van der Waals surface area contributed by atoms with Crippen LogP contribution in [0.25, 0.3) is 11.1 Å². The van der Waals surface area contributed by atoms with Gasteiger partial charge in [-0.3, -0.25) is 0 Å². The first-order valence-corrected chi connectivity index (χ1v) is 8.54. The Labute approximate surface area is 135 Å². The maximum atomic E-state index is 12.5. The molecule has 0 fully saturated rings. The van der Waals surface area contributed by atoms with Crippen molar-refractivity contribution in [2.24, 2.45) is 0 Å². The van der Waals surface area contributed by atoms with Crippen LogP contribution in [0.1, 0.15) is 0 Å². The molecule has 7 heteroatoms. The number of benzene rings is 2. The van der Waals surface area contributed by atoms with Crippen molar-refractivity contribution in [3.8, 4) is 16.9 Å². The zero-order chi connectivity index (χ0) is 16.9. The number of rotatable bonds is 7. The fourth-order valence-corrected chi connectivity index (χ4v) is 3.62. The fraction of sp³-hybridized carbons (Fsp3) is 0.250. The van der Waals surface area contributed by atoms with Crippen LogP contribution in [0.15, 0.2) is 53.4 Å². The average Bonchev–Trinajstić information content (AvgIpc) is 2.55. The summed E-state index contributed by atoms with van der Waals surface area (Å²) in [6, 6.07) is 12.9. The molecule has 0 aliphatic heterocycles. The molecule has 2 aromatic rings. The van der Waals surface area contributed by atoms with Gasteiger partial charge in [0.2, 0.25) is 10.0 Å². The lowest BCUT2D eigenvalue weighted by Gasteiger charge is -2.20. The first-order valence-electron chi connectivity index (χ1n) is 7.10. The number of nitrogens with zero attached hydrogens (tertiary/aromatic N) is 1. The molecular weight excluding hydrogens is 318 g/mol. The molecule has 0 aliphatic carbocycles. The number of aliphatic hydroxyl groups is 2. The van der Waals surface area contributed by atoms with Crippen molar-refractivity contribution < 1.29 is 23.7 Å². The van der Waals surface area contributed by atoms with Crippen molar-refractivity contribution in [1.82, 2.24) is 4.31 Å². The van der Waals surface area contributed by atoms with E-state index in [2.05, 4.69) is 0 Å². The maximum Gasteiger partial charge on any atom is 0.243 e. The van der Waals surface area contributed by atoms with Crippen LogP contribution in [0.5, 0.6) is 5.75 Å². The molecule has 0 saturated carbocycles. The first kappa shape index (κ1) is 17.4. The number of aliphatic hydroxyl groups excluding tert-OH is 2. The van der Waals surface area contributed by atoms with E-state index in [9.17, 15) is 13.5 Å². The molecule has 0 radical (unpaired) electrons. The number of aromatic hydroxyl groups is 1. The van der Waals surface area contributed by atoms with Gasteiger partial charge in [0, 0.05) is 13.1 Å². The number of phenols is 1. The van der Waals surface area contributed by atoms with Gasteiger partial charge in [-0.05, 0) is 35.4 Å². The van der Waals surface area contributed by atoms with E-state index >= 15 is 0 Å². The maximum absolute atomic E-state index is 12.5. The second kappa shape index (κ2) is 7.56. The Kier molecular flexibility index (Phi) is 5.73. The Hall–Kier alpha value is -1.93. The van der Waals surface area contributed by atoms with Crippen molar-refractivity contribution >= 4 is 10.0 Å². The lowest BCUT2D eigenvalue weighted by atomic mass is 10.1. The van der Waals surface area contributed by atoms with Crippen molar-refractivity contribution in [2.45, 2.75) is 4.90 Å². The second-order valence-electron chi connectivity index (χ2n) is 4.92. The fourth-order valence-electron chi connectivity index (χ4n) is 2.20. The van der Waals surface area contributed by atoms with E-state index in [1.807, 2.05) is 0 Å². The molecule has 0 aliphatic rings. The molecule has 23 heavy (non-hydrogen) atoms. The Bertz CT molecular complexity index is 720. The lowest BCUT2D eigenvalue weighted by Crippen LogP contribution is -2.35. The summed E-state index contributed by atoms with van der Waals surface area (Å²) in [5.41, 5.74) is 1.68. The van der Waals surface area contributed by atoms with Gasteiger partial charge in [0.05, 0.1) is 18.1 Å². The summed E-state index contributed by atoms with van der Waals surface area (Å²) in [6.07, 6.45) is 0. The summed E-state index contributed by atoms with van der Waals surface area (Å²) in [7, 11) is -3.76. The van der Waals surface area contributed by atoms with Gasteiger partial charge in [0.25, 0.3) is 0 Å². The van der Waals surface area contributed by atoms with Crippen LogP contribution in [-0.4, -0.2) is 54.3 Å². The standard InChI is InChI=1S/C16H19NO5S/c18-11-9-17(10-12-19)23(21,22)16-7-3-14(4-8-16)13-1-5-15(20)6-2-13/h1-8,18-20H,9-12H2. The molecule has 0 bridgehead atoms. The van der Waals surface area contributed by atoms with E-state index in [-0.39, 0.29) is 36.9 Å². The van der Waals surface area contributed by atoms with Crippen molar-refractivity contribution in [3.63, 3.8) is 0 Å². The molecule has 3 N–H and O–H groups in total. The normalized spacial score (nSPS) is 11.8. The van der Waals surface area contributed by atoms with Gasteiger partial charge < -0.3 is 15.3 Å². The minimum Gasteiger partial charge on any atom is -0.508 e. The van der Waals surface area contributed by atoms with E-state index in [0.29, 0.717) is 0 Å². The Morgan fingerprint density at radius 3 is 1.65 bits per heavy atom. The summed E-state index contributed by atoms with van der Waals surface area (Å²) >= 11 is 0. The predicted octanol–water partition coefficient (Wildman–Crippen LogP) is 1.03. The largest absolute Gasteiger partial charge is 0.508 e. The second-order valence-corrected chi connectivity index (χ2v) is 6.86. The summed E-state index contributed by atoms with van der Waals surface area (Å²) in [5, 5.41) is 27.3. The van der Waals surface area contributed by atoms with Crippen LogP contribution in [0.3, 0.4) is 0 Å². The molecule has 0 atom stereocenters. The highest BCUT2D eigenvalue weighted by atomic mass is 32.2. The third-order valence-electron chi connectivity index (χ3n) is 3.39. The number of sulfonamides is 1. The molecule has 0 aromatic heterocycles. The molecule has 0 heterocycles. The van der Waals surface area contributed by atoms with Crippen molar-refractivity contribution in [2.75, 3.05) is 26.3 Å². The van der Waals surface area contributed by atoms with Crippen molar-refractivity contribution in [3.05, 3.63) is 48.5 Å². The first-order chi connectivity index (χ1) is 11.0. The van der Waals surface area contributed by atoms with E-state index in [1.54, 1.807) is 36.4 Å². The quantitative estimate of drug-likeness (QED) is 0.701. The van der Waals surface area contributed by atoms with Crippen LogP contribution in [0, 0.1) is 0 Å². The Balaban J connectivity index is 2.28. The van der Waals surface area contributed by atoms with Gasteiger partial charge in [0.1, 0.15) is 5.75 Å². The number of phenolic OH excluding ortho intramolecular Hbond substituents is 1. The highest BCUT2D eigenvalue weighted by Gasteiger charge is 2.23. The van der Waals surface area contributed by atoms with Crippen LogP contribution in [0.4, 0.5) is 0 Å². The molecule has 124 valence electrons. The molecule has 0 amide bonds. The van der Waals surface area contributed by atoms with E-state index in [4.69, 9.17) is 10.2 Å². The van der Waals surface area contributed by atoms with Gasteiger partial charge in [-0.1, -0.05) is 24.3 Å². The molecule has 0 spiro atoms. The van der Waals surface area contributed by atoms with Gasteiger partial charge in [-0.2, -0.15) is 4.31 Å². The highest BCUT2D eigenvalue weighted by Crippen LogP contribution is 2.24. The monoisotopic (exact) mass is 337 g/mol. The number of hydrogen-bond donors (Lipinski definition) is 3. The van der Waals surface area contributed by atoms with Gasteiger partial charge in [-0.25, -0.2) is 8.42 Å².